The highest BCUT2D eigenvalue weighted by Gasteiger charge is 2.14. The minimum atomic E-state index is -0.402. The van der Waals surface area contributed by atoms with E-state index < -0.39 is 5.69 Å². The number of ether oxygens (including phenoxy) is 1. The molecule has 0 saturated heterocycles. The fourth-order valence-electron chi connectivity index (χ4n) is 2.42. The van der Waals surface area contributed by atoms with Gasteiger partial charge in [-0.25, -0.2) is 9.78 Å². The topological polar surface area (TPSA) is 81.9 Å². The molecule has 2 heterocycles. The zero-order valence-corrected chi connectivity index (χ0v) is 13.3. The monoisotopic (exact) mass is 314 g/mol. The first-order valence-electron chi connectivity index (χ1n) is 7.42. The van der Waals surface area contributed by atoms with E-state index in [0.29, 0.717) is 23.6 Å². The predicted molar refractivity (Wildman–Crippen MR) is 87.8 cm³/mol. The quantitative estimate of drug-likeness (QED) is 0.789. The maximum atomic E-state index is 12.2. The molecule has 1 N–H and O–H groups in total. The number of benzene rings is 1. The van der Waals surface area contributed by atoms with Gasteiger partial charge in [-0.15, -0.1) is 0 Å². The third-order valence-electron chi connectivity index (χ3n) is 3.68. The van der Waals surface area contributed by atoms with Crippen LogP contribution in [0.1, 0.15) is 13.3 Å². The largest absolute Gasteiger partial charge is 0.494 e. The number of aryl methyl sites for hydroxylation is 1. The zero-order valence-electron chi connectivity index (χ0n) is 13.3. The molecule has 0 atom stereocenters. The maximum absolute atomic E-state index is 12.2. The van der Waals surface area contributed by atoms with Crippen LogP contribution in [0, 0.1) is 0 Å². The molecule has 7 nitrogen and oxygen atoms in total. The van der Waals surface area contributed by atoms with E-state index in [9.17, 15) is 9.59 Å². The summed E-state index contributed by atoms with van der Waals surface area (Å²) in [4.78, 5) is 31.6. The molecule has 0 fully saturated rings. The summed E-state index contributed by atoms with van der Waals surface area (Å²) < 4.78 is 8.03. The van der Waals surface area contributed by atoms with Crippen LogP contribution in [0.4, 0.5) is 0 Å². The van der Waals surface area contributed by atoms with E-state index in [1.807, 2.05) is 31.2 Å². The van der Waals surface area contributed by atoms with E-state index in [-0.39, 0.29) is 5.56 Å². The van der Waals surface area contributed by atoms with E-state index in [1.165, 1.54) is 11.6 Å². The molecule has 3 aromatic rings. The summed E-state index contributed by atoms with van der Waals surface area (Å²) >= 11 is 0. The molecule has 0 unspecified atom stereocenters. The predicted octanol–water partition coefficient (Wildman–Crippen LogP) is 1.42. The van der Waals surface area contributed by atoms with E-state index in [1.54, 1.807) is 7.05 Å². The van der Waals surface area contributed by atoms with E-state index >= 15 is 0 Å². The molecule has 2 aromatic heterocycles. The average molecular weight is 314 g/mol. The van der Waals surface area contributed by atoms with Crippen LogP contribution in [0.2, 0.25) is 0 Å². The van der Waals surface area contributed by atoms with Crippen molar-refractivity contribution in [3.05, 3.63) is 45.1 Å². The molecule has 0 saturated carbocycles. The van der Waals surface area contributed by atoms with Gasteiger partial charge in [0.05, 0.1) is 6.61 Å². The summed E-state index contributed by atoms with van der Waals surface area (Å²) in [7, 11) is 3.04. The van der Waals surface area contributed by atoms with Crippen molar-refractivity contribution in [1.29, 1.82) is 0 Å². The number of aromatic amines is 1. The van der Waals surface area contributed by atoms with Gasteiger partial charge in [0, 0.05) is 19.7 Å². The smallest absolute Gasteiger partial charge is 0.332 e. The molecule has 1 aromatic carbocycles. The van der Waals surface area contributed by atoms with Crippen LogP contribution < -0.4 is 16.0 Å². The number of nitrogens with zero attached hydrogens (tertiary/aromatic N) is 3. The second-order valence-corrected chi connectivity index (χ2v) is 5.37. The van der Waals surface area contributed by atoms with Gasteiger partial charge in [-0.05, 0) is 18.6 Å². The highest BCUT2D eigenvalue weighted by atomic mass is 16.5. The highest BCUT2D eigenvalue weighted by Crippen LogP contribution is 2.22. The Morgan fingerprint density at radius 3 is 2.74 bits per heavy atom. The number of hydrogen-bond acceptors (Lipinski definition) is 4. The van der Waals surface area contributed by atoms with Crippen LogP contribution in [-0.4, -0.2) is 25.7 Å². The highest BCUT2D eigenvalue weighted by molar-refractivity contribution is 5.75. The molecule has 0 bridgehead atoms. The number of aromatic nitrogens is 4. The molecule has 0 aliphatic heterocycles. The Kier molecular flexibility index (Phi) is 3.77. The molecule has 3 rings (SSSR count). The van der Waals surface area contributed by atoms with Gasteiger partial charge >= 0.3 is 5.69 Å². The third kappa shape index (κ3) is 2.54. The van der Waals surface area contributed by atoms with Crippen molar-refractivity contribution < 1.29 is 4.74 Å². The fraction of sp³-hybridized carbons (Fsp3) is 0.312. The number of nitrogens with one attached hydrogen (secondary N) is 1. The molecule has 7 heteroatoms. The Hall–Kier alpha value is -2.83. The summed E-state index contributed by atoms with van der Waals surface area (Å²) in [6, 6.07) is 7.47. The lowest BCUT2D eigenvalue weighted by atomic mass is 10.2. The van der Waals surface area contributed by atoms with Gasteiger partial charge in [0.1, 0.15) is 17.1 Å². The molecule has 0 amide bonds. The van der Waals surface area contributed by atoms with Gasteiger partial charge in [0.25, 0.3) is 5.56 Å². The van der Waals surface area contributed by atoms with Crippen LogP contribution >= 0.6 is 0 Å². The Morgan fingerprint density at radius 2 is 2.00 bits per heavy atom. The standard InChI is InChI=1S/C16H18N4O3/c1-4-8-23-11-7-5-6-10(9-11)13-17-12-14(18-13)19(2)16(22)20(3)15(12)21/h5-7,9H,4,8H2,1-3H3,(H,17,18). The first kappa shape index (κ1) is 15.1. The number of fused-ring (bicyclic) bond motifs is 1. The van der Waals surface area contributed by atoms with Crippen molar-refractivity contribution in [3.63, 3.8) is 0 Å². The van der Waals surface area contributed by atoms with Gasteiger partial charge in [-0.2, -0.15) is 0 Å². The van der Waals surface area contributed by atoms with Gasteiger partial charge in [-0.3, -0.25) is 13.9 Å². The lowest BCUT2D eigenvalue weighted by Gasteiger charge is -2.05. The first-order valence-corrected chi connectivity index (χ1v) is 7.42. The van der Waals surface area contributed by atoms with Gasteiger partial charge < -0.3 is 9.72 Å². The van der Waals surface area contributed by atoms with Crippen LogP contribution in [0.25, 0.3) is 22.6 Å². The molecule has 0 radical (unpaired) electrons. The van der Waals surface area contributed by atoms with Crippen LogP contribution in [0.15, 0.2) is 33.9 Å². The molecule has 120 valence electrons. The lowest BCUT2D eigenvalue weighted by Crippen LogP contribution is -2.36. The summed E-state index contributed by atoms with van der Waals surface area (Å²) in [5.41, 5.74) is 0.655. The second-order valence-electron chi connectivity index (χ2n) is 5.37. The van der Waals surface area contributed by atoms with Gasteiger partial charge in [-0.1, -0.05) is 19.1 Å². The van der Waals surface area contributed by atoms with E-state index in [2.05, 4.69) is 9.97 Å². The van der Waals surface area contributed by atoms with Gasteiger partial charge in [0.2, 0.25) is 0 Å². The molecule has 23 heavy (non-hydrogen) atoms. The molecular formula is C16H18N4O3. The number of hydrogen-bond donors (Lipinski definition) is 1. The third-order valence-corrected chi connectivity index (χ3v) is 3.68. The van der Waals surface area contributed by atoms with Crippen molar-refractivity contribution in [1.82, 2.24) is 19.1 Å². The molecular weight excluding hydrogens is 296 g/mol. The van der Waals surface area contributed by atoms with Crippen molar-refractivity contribution in [2.24, 2.45) is 14.1 Å². The summed E-state index contributed by atoms with van der Waals surface area (Å²) in [5.74, 6) is 1.27. The second kappa shape index (κ2) is 5.75. The van der Waals surface area contributed by atoms with Crippen molar-refractivity contribution in [2.45, 2.75) is 13.3 Å². The minimum absolute atomic E-state index is 0.310. The van der Waals surface area contributed by atoms with E-state index in [4.69, 9.17) is 4.74 Å². The number of H-pyrrole nitrogens is 1. The van der Waals surface area contributed by atoms with Crippen molar-refractivity contribution >= 4 is 11.2 Å². The Bertz CT molecular complexity index is 981. The van der Waals surface area contributed by atoms with Crippen molar-refractivity contribution in [3.8, 4) is 17.1 Å². The maximum Gasteiger partial charge on any atom is 0.332 e. The lowest BCUT2D eigenvalue weighted by molar-refractivity contribution is 0.317. The van der Waals surface area contributed by atoms with Crippen LogP contribution in [0.5, 0.6) is 5.75 Å². The SMILES string of the molecule is CCCOc1cccc(-c2nc3c([nH]2)c(=O)n(C)c(=O)n3C)c1. The molecule has 0 aliphatic carbocycles. The van der Waals surface area contributed by atoms with Gasteiger partial charge in [0.15, 0.2) is 5.65 Å². The molecule has 0 aliphatic rings. The normalized spacial score (nSPS) is 11.1. The Labute approximate surface area is 132 Å². The summed E-state index contributed by atoms with van der Waals surface area (Å²) in [6.07, 6.45) is 0.924. The number of imidazole rings is 1. The molecule has 0 spiro atoms. The minimum Gasteiger partial charge on any atom is -0.494 e. The first-order chi connectivity index (χ1) is 11.0. The Balaban J connectivity index is 2.15. The summed E-state index contributed by atoms with van der Waals surface area (Å²) in [6.45, 7) is 2.68. The fourth-order valence-corrected chi connectivity index (χ4v) is 2.42. The summed E-state index contributed by atoms with van der Waals surface area (Å²) in [5, 5.41) is 0. The number of rotatable bonds is 4. The van der Waals surface area contributed by atoms with Crippen molar-refractivity contribution in [2.75, 3.05) is 6.61 Å². The average Bonchev–Trinajstić information content (AvgIpc) is 3.02. The van der Waals surface area contributed by atoms with Crippen LogP contribution in [0.3, 0.4) is 0 Å². The zero-order chi connectivity index (χ0) is 16.6. The van der Waals surface area contributed by atoms with Crippen LogP contribution in [-0.2, 0) is 14.1 Å². The Morgan fingerprint density at radius 1 is 1.22 bits per heavy atom. The van der Waals surface area contributed by atoms with E-state index in [0.717, 1.165) is 22.3 Å².